The molecule has 0 radical (unpaired) electrons. The molecule has 1 heteroatoms. The average molecular weight is 182 g/mol. The maximum atomic E-state index is 5.70. The molecule has 0 aliphatic heterocycles. The van der Waals surface area contributed by atoms with Crippen molar-refractivity contribution >= 4 is 0 Å². The van der Waals surface area contributed by atoms with Crippen LogP contribution in [0, 0.1) is 11.3 Å². The van der Waals surface area contributed by atoms with E-state index in [1.807, 2.05) is 0 Å². The van der Waals surface area contributed by atoms with E-state index in [0.717, 1.165) is 12.4 Å². The number of hydrogen-bond donors (Lipinski definition) is 0. The van der Waals surface area contributed by atoms with Crippen LogP contribution in [0.2, 0.25) is 0 Å². The van der Waals surface area contributed by atoms with Crippen molar-refractivity contribution in [3.05, 3.63) is 12.3 Å². The Morgan fingerprint density at radius 3 is 2.38 bits per heavy atom. The molecule has 0 spiro atoms. The zero-order valence-electron chi connectivity index (χ0n) is 9.23. The van der Waals surface area contributed by atoms with Crippen molar-refractivity contribution in [3.8, 4) is 0 Å². The van der Waals surface area contributed by atoms with Gasteiger partial charge in [0.05, 0.1) is 12.4 Å². The van der Waals surface area contributed by atoms with Gasteiger partial charge in [-0.25, -0.2) is 0 Å². The molecule has 0 heterocycles. The van der Waals surface area contributed by atoms with Crippen molar-refractivity contribution in [2.24, 2.45) is 11.3 Å². The monoisotopic (exact) mass is 182 g/mol. The molecular formula is C12H22O. The smallest absolute Gasteiger partial charge is 0.0947 e. The molecule has 0 aromatic heterocycles. The predicted octanol–water partition coefficient (Wildman–Crippen LogP) is 3.75. The zero-order chi connectivity index (χ0) is 9.90. The summed E-state index contributed by atoms with van der Waals surface area (Å²) in [5.41, 5.74) is 0.273. The first-order valence-electron chi connectivity index (χ1n) is 5.37. The zero-order valence-corrected chi connectivity index (χ0v) is 9.23. The molecule has 76 valence electrons. The summed E-state index contributed by atoms with van der Waals surface area (Å²) >= 11 is 0. The lowest BCUT2D eigenvalue weighted by atomic mass is 9.87. The van der Waals surface area contributed by atoms with Gasteiger partial charge in [0.2, 0.25) is 0 Å². The molecule has 13 heavy (non-hydrogen) atoms. The minimum Gasteiger partial charge on any atom is -0.498 e. The molecule has 0 aromatic rings. The Hall–Kier alpha value is -0.460. The minimum absolute atomic E-state index is 0.273. The molecule has 1 rings (SSSR count). The summed E-state index contributed by atoms with van der Waals surface area (Å²) in [6, 6.07) is 0. The second kappa shape index (κ2) is 4.17. The van der Waals surface area contributed by atoms with Crippen molar-refractivity contribution in [3.63, 3.8) is 0 Å². The summed E-state index contributed by atoms with van der Waals surface area (Å²) in [6.45, 7) is 11.5. The molecule has 0 atom stereocenters. The van der Waals surface area contributed by atoms with E-state index in [1.54, 1.807) is 0 Å². The molecule has 1 aliphatic carbocycles. The summed E-state index contributed by atoms with van der Waals surface area (Å²) < 4.78 is 5.70. The van der Waals surface area contributed by atoms with Crippen LogP contribution in [0.4, 0.5) is 0 Å². The van der Waals surface area contributed by atoms with Gasteiger partial charge in [0.15, 0.2) is 0 Å². The lowest BCUT2D eigenvalue weighted by molar-refractivity contribution is 0.118. The number of ether oxygens (including phenoxy) is 1. The number of allylic oxidation sites excluding steroid dienone is 1. The summed E-state index contributed by atoms with van der Waals surface area (Å²) in [4.78, 5) is 0. The standard InChI is InChI=1S/C12H22O/c1-10(2)9-13-11(3)12(4)7-5-6-8-12/h10H,3,5-9H2,1-2,4H3. The van der Waals surface area contributed by atoms with E-state index in [-0.39, 0.29) is 5.41 Å². The van der Waals surface area contributed by atoms with Crippen molar-refractivity contribution < 1.29 is 4.74 Å². The fourth-order valence-corrected chi connectivity index (χ4v) is 1.88. The molecular weight excluding hydrogens is 160 g/mol. The van der Waals surface area contributed by atoms with Crippen LogP contribution >= 0.6 is 0 Å². The highest BCUT2D eigenvalue weighted by Gasteiger charge is 2.32. The van der Waals surface area contributed by atoms with E-state index >= 15 is 0 Å². The molecule has 1 aliphatic rings. The molecule has 0 unspecified atom stereocenters. The second-order valence-corrected chi connectivity index (χ2v) is 4.90. The first-order chi connectivity index (χ1) is 6.04. The predicted molar refractivity (Wildman–Crippen MR) is 56.5 cm³/mol. The first-order valence-corrected chi connectivity index (χ1v) is 5.37. The van der Waals surface area contributed by atoms with Crippen molar-refractivity contribution in [2.75, 3.05) is 6.61 Å². The fraction of sp³-hybridized carbons (Fsp3) is 0.833. The van der Waals surface area contributed by atoms with Crippen LogP contribution in [0.3, 0.4) is 0 Å². The highest BCUT2D eigenvalue weighted by atomic mass is 16.5. The van der Waals surface area contributed by atoms with E-state index in [4.69, 9.17) is 4.74 Å². The minimum atomic E-state index is 0.273. The van der Waals surface area contributed by atoms with Gasteiger partial charge in [0.25, 0.3) is 0 Å². The Morgan fingerprint density at radius 1 is 1.38 bits per heavy atom. The van der Waals surface area contributed by atoms with Crippen LogP contribution in [0.15, 0.2) is 12.3 Å². The van der Waals surface area contributed by atoms with Gasteiger partial charge >= 0.3 is 0 Å². The lowest BCUT2D eigenvalue weighted by Crippen LogP contribution is -2.17. The van der Waals surface area contributed by atoms with Crippen molar-refractivity contribution in [2.45, 2.75) is 46.5 Å². The Kier molecular flexibility index (Phi) is 3.40. The summed E-state index contributed by atoms with van der Waals surface area (Å²) in [5.74, 6) is 1.61. The Labute approximate surface area is 82.2 Å². The molecule has 0 amide bonds. The lowest BCUT2D eigenvalue weighted by Gasteiger charge is -2.26. The van der Waals surface area contributed by atoms with Crippen LogP contribution in [0.5, 0.6) is 0 Å². The van der Waals surface area contributed by atoms with Gasteiger partial charge in [-0.05, 0) is 18.8 Å². The van der Waals surface area contributed by atoms with E-state index in [2.05, 4.69) is 27.4 Å². The number of hydrogen-bond acceptors (Lipinski definition) is 1. The maximum absolute atomic E-state index is 5.70. The summed E-state index contributed by atoms with van der Waals surface area (Å²) in [5, 5.41) is 0. The van der Waals surface area contributed by atoms with Gasteiger partial charge in [-0.2, -0.15) is 0 Å². The van der Waals surface area contributed by atoms with Crippen molar-refractivity contribution in [1.29, 1.82) is 0 Å². The molecule has 0 N–H and O–H groups in total. The van der Waals surface area contributed by atoms with Gasteiger partial charge in [-0.3, -0.25) is 0 Å². The topological polar surface area (TPSA) is 9.23 Å². The molecule has 1 saturated carbocycles. The Morgan fingerprint density at radius 2 is 1.92 bits per heavy atom. The van der Waals surface area contributed by atoms with Gasteiger partial charge in [-0.15, -0.1) is 0 Å². The van der Waals surface area contributed by atoms with Crippen LogP contribution in [0.1, 0.15) is 46.5 Å². The molecule has 0 aromatic carbocycles. The molecule has 1 fully saturated rings. The third kappa shape index (κ3) is 2.75. The quantitative estimate of drug-likeness (QED) is 0.602. The maximum Gasteiger partial charge on any atom is 0.0947 e. The molecule has 1 nitrogen and oxygen atoms in total. The normalized spacial score (nSPS) is 20.6. The van der Waals surface area contributed by atoms with Crippen LogP contribution in [-0.2, 0) is 4.74 Å². The average Bonchev–Trinajstić information content (AvgIpc) is 2.49. The van der Waals surface area contributed by atoms with Crippen LogP contribution in [-0.4, -0.2) is 6.61 Å². The van der Waals surface area contributed by atoms with Crippen molar-refractivity contribution in [1.82, 2.24) is 0 Å². The SMILES string of the molecule is C=C(OCC(C)C)C1(C)CCCC1. The van der Waals surface area contributed by atoms with E-state index in [1.165, 1.54) is 25.7 Å². The van der Waals surface area contributed by atoms with Gasteiger partial charge < -0.3 is 4.74 Å². The van der Waals surface area contributed by atoms with Crippen LogP contribution < -0.4 is 0 Å². The second-order valence-electron chi connectivity index (χ2n) is 4.90. The van der Waals surface area contributed by atoms with E-state index < -0.39 is 0 Å². The van der Waals surface area contributed by atoms with Gasteiger partial charge in [-0.1, -0.05) is 40.2 Å². The highest BCUT2D eigenvalue weighted by molar-refractivity contribution is 5.03. The molecule has 0 saturated heterocycles. The Bertz CT molecular complexity index is 176. The largest absolute Gasteiger partial charge is 0.498 e. The third-order valence-corrected chi connectivity index (χ3v) is 2.97. The summed E-state index contributed by atoms with van der Waals surface area (Å²) in [7, 11) is 0. The number of rotatable bonds is 4. The Balaban J connectivity index is 2.38. The first kappa shape index (κ1) is 10.6. The molecule has 0 bridgehead atoms. The van der Waals surface area contributed by atoms with Crippen LogP contribution in [0.25, 0.3) is 0 Å². The van der Waals surface area contributed by atoms with Gasteiger partial charge in [0.1, 0.15) is 0 Å². The third-order valence-electron chi connectivity index (χ3n) is 2.97. The fourth-order valence-electron chi connectivity index (χ4n) is 1.88. The van der Waals surface area contributed by atoms with E-state index in [9.17, 15) is 0 Å². The highest BCUT2D eigenvalue weighted by Crippen LogP contribution is 2.43. The van der Waals surface area contributed by atoms with Gasteiger partial charge in [0, 0.05) is 5.41 Å². The summed E-state index contributed by atoms with van der Waals surface area (Å²) in [6.07, 6.45) is 5.18. The van der Waals surface area contributed by atoms with E-state index in [0.29, 0.717) is 5.92 Å².